The topological polar surface area (TPSA) is 89.8 Å². The molecule has 0 aromatic carbocycles. The molecule has 0 bridgehead atoms. The fourth-order valence-electron chi connectivity index (χ4n) is 5.79. The van der Waals surface area contributed by atoms with E-state index in [0.717, 1.165) is 70.6 Å². The molecule has 0 aliphatic heterocycles. The maximum absolute atomic E-state index is 12.4. The smallest absolute Gasteiger partial charge is 0.249 e. The molecular weight excluding hydrogens is 606 g/mol. The summed E-state index contributed by atoms with van der Waals surface area (Å²) in [6.45, 7) is 4.11. The zero-order valence-electron chi connectivity index (χ0n) is 32.1. The van der Waals surface area contributed by atoms with Crippen molar-refractivity contribution in [2.45, 2.75) is 205 Å². The van der Waals surface area contributed by atoms with Crippen molar-refractivity contribution < 1.29 is 20.1 Å². The summed E-state index contributed by atoms with van der Waals surface area (Å²) in [7, 11) is 0. The Balaban J connectivity index is 3.82. The number of unbranched alkanes of at least 4 members (excludes halogenated alkanes) is 21. The first-order valence-corrected chi connectivity index (χ1v) is 20.6. The normalized spacial score (nSPS) is 14.3. The van der Waals surface area contributed by atoms with Crippen LogP contribution in [0.2, 0.25) is 0 Å². The summed E-state index contributed by atoms with van der Waals surface area (Å²) in [5, 5.41) is 33.0. The van der Waals surface area contributed by atoms with E-state index in [1.165, 1.54) is 96.3 Å². The average Bonchev–Trinajstić information content (AvgIpc) is 3.11. The minimum absolute atomic E-state index is 0.389. The van der Waals surface area contributed by atoms with Crippen molar-refractivity contribution >= 4 is 5.91 Å². The fraction of sp³-hybridized carbons (Fsp3) is 0.750. The van der Waals surface area contributed by atoms with Gasteiger partial charge in [-0.05, 0) is 70.6 Å². The Hall–Kier alpha value is -1.95. The summed E-state index contributed by atoms with van der Waals surface area (Å²) >= 11 is 0. The lowest BCUT2D eigenvalue weighted by Crippen LogP contribution is -2.48. The first-order valence-electron chi connectivity index (χ1n) is 20.6. The highest BCUT2D eigenvalue weighted by molar-refractivity contribution is 5.80. The Morgan fingerprint density at radius 2 is 0.898 bits per heavy atom. The largest absolute Gasteiger partial charge is 0.394 e. The van der Waals surface area contributed by atoms with Crippen molar-refractivity contribution in [3.05, 3.63) is 60.8 Å². The number of amides is 1. The number of nitrogens with one attached hydrogen (secondary N) is 1. The van der Waals surface area contributed by atoms with Gasteiger partial charge in [-0.25, -0.2) is 0 Å². The number of hydrogen-bond donors (Lipinski definition) is 4. The maximum atomic E-state index is 12.4. The predicted octanol–water partition coefficient (Wildman–Crippen LogP) is 11.5. The van der Waals surface area contributed by atoms with Crippen molar-refractivity contribution in [3.63, 3.8) is 0 Å². The van der Waals surface area contributed by atoms with E-state index in [9.17, 15) is 20.1 Å². The van der Waals surface area contributed by atoms with Gasteiger partial charge in [0.15, 0.2) is 0 Å². The Labute approximate surface area is 303 Å². The molecule has 3 unspecified atom stereocenters. The molecule has 284 valence electrons. The highest BCUT2D eigenvalue weighted by Crippen LogP contribution is 2.13. The van der Waals surface area contributed by atoms with E-state index in [4.69, 9.17) is 0 Å². The molecule has 0 radical (unpaired) electrons. The van der Waals surface area contributed by atoms with Crippen molar-refractivity contribution in [1.82, 2.24) is 5.32 Å². The van der Waals surface area contributed by atoms with Gasteiger partial charge >= 0.3 is 0 Å². The van der Waals surface area contributed by atoms with Gasteiger partial charge in [0.25, 0.3) is 0 Å². The standard InChI is InChI=1S/C44H79NO4/c1-3-5-7-9-11-13-15-17-19-20-21-22-23-24-25-27-28-30-32-34-36-38-42(47)41(40-46)45-44(49)43(48)39-37-35-33-31-29-26-18-16-14-12-10-8-6-4-2/h12,14,16,18,23-24,28,30,36,38,41-43,46-48H,3-11,13,15,17,19-22,25-27,29,31-35,37,39-40H2,1-2H3,(H,45,49)/b14-12-,18-16-,24-23+,30-28+,38-36+. The van der Waals surface area contributed by atoms with Crippen LogP contribution in [0.25, 0.3) is 0 Å². The summed E-state index contributed by atoms with van der Waals surface area (Å²) in [6.07, 6.45) is 51.0. The molecule has 3 atom stereocenters. The van der Waals surface area contributed by atoms with Gasteiger partial charge in [-0.1, -0.05) is 177 Å². The number of hydrogen-bond acceptors (Lipinski definition) is 4. The zero-order valence-corrected chi connectivity index (χ0v) is 32.1. The van der Waals surface area contributed by atoms with E-state index in [-0.39, 0.29) is 6.61 Å². The number of aliphatic hydroxyl groups excluding tert-OH is 3. The van der Waals surface area contributed by atoms with Crippen LogP contribution in [0.3, 0.4) is 0 Å². The molecule has 0 aliphatic carbocycles. The number of rotatable bonds is 36. The van der Waals surface area contributed by atoms with Gasteiger partial charge in [0, 0.05) is 0 Å². The van der Waals surface area contributed by atoms with Crippen LogP contribution in [0, 0.1) is 0 Å². The lowest BCUT2D eigenvalue weighted by Gasteiger charge is -2.21. The molecule has 0 fully saturated rings. The summed E-state index contributed by atoms with van der Waals surface area (Å²) in [6, 6.07) is -0.829. The molecule has 49 heavy (non-hydrogen) atoms. The monoisotopic (exact) mass is 686 g/mol. The Kier molecular flexibility index (Phi) is 37.3. The third-order valence-electron chi connectivity index (χ3n) is 9.09. The van der Waals surface area contributed by atoms with Crippen LogP contribution in [0.1, 0.15) is 187 Å². The van der Waals surface area contributed by atoms with Gasteiger partial charge in [0.05, 0.1) is 18.8 Å². The molecule has 5 heteroatoms. The minimum atomic E-state index is -1.12. The molecule has 5 nitrogen and oxygen atoms in total. The Morgan fingerprint density at radius 1 is 0.510 bits per heavy atom. The Bertz CT molecular complexity index is 846. The first kappa shape index (κ1) is 47.0. The van der Waals surface area contributed by atoms with Crippen LogP contribution in [0.4, 0.5) is 0 Å². The van der Waals surface area contributed by atoms with Crippen LogP contribution >= 0.6 is 0 Å². The molecule has 0 aromatic rings. The molecule has 0 rings (SSSR count). The zero-order chi connectivity index (χ0) is 35.9. The van der Waals surface area contributed by atoms with Gasteiger partial charge in [0.1, 0.15) is 6.10 Å². The van der Waals surface area contributed by atoms with Crippen molar-refractivity contribution in [2.75, 3.05) is 6.61 Å². The molecule has 0 aliphatic rings. The van der Waals surface area contributed by atoms with Gasteiger partial charge in [-0.3, -0.25) is 4.79 Å². The molecular formula is C44H79NO4. The van der Waals surface area contributed by atoms with E-state index < -0.39 is 24.2 Å². The molecule has 1 amide bonds. The van der Waals surface area contributed by atoms with E-state index in [1.807, 2.05) is 6.08 Å². The quantitative estimate of drug-likeness (QED) is 0.0300. The van der Waals surface area contributed by atoms with Crippen molar-refractivity contribution in [1.29, 1.82) is 0 Å². The highest BCUT2D eigenvalue weighted by atomic mass is 16.3. The van der Waals surface area contributed by atoms with Gasteiger partial charge in [0.2, 0.25) is 5.91 Å². The average molecular weight is 686 g/mol. The lowest BCUT2D eigenvalue weighted by molar-refractivity contribution is -0.131. The third kappa shape index (κ3) is 34.3. The molecule has 0 aromatic heterocycles. The van der Waals surface area contributed by atoms with E-state index in [1.54, 1.807) is 6.08 Å². The lowest BCUT2D eigenvalue weighted by atomic mass is 10.1. The molecule has 0 saturated carbocycles. The maximum Gasteiger partial charge on any atom is 0.249 e. The summed E-state index contributed by atoms with van der Waals surface area (Å²) in [5.41, 5.74) is 0. The summed E-state index contributed by atoms with van der Waals surface area (Å²) < 4.78 is 0. The van der Waals surface area contributed by atoms with E-state index >= 15 is 0 Å². The summed E-state index contributed by atoms with van der Waals surface area (Å²) in [5.74, 6) is -0.532. The predicted molar refractivity (Wildman–Crippen MR) is 213 cm³/mol. The summed E-state index contributed by atoms with van der Waals surface area (Å²) in [4.78, 5) is 12.4. The third-order valence-corrected chi connectivity index (χ3v) is 9.09. The number of carbonyl (C=O) groups is 1. The van der Waals surface area contributed by atoms with Crippen LogP contribution in [-0.2, 0) is 4.79 Å². The second kappa shape index (κ2) is 38.8. The van der Waals surface area contributed by atoms with Gasteiger partial charge in [-0.15, -0.1) is 0 Å². The minimum Gasteiger partial charge on any atom is -0.394 e. The fourth-order valence-corrected chi connectivity index (χ4v) is 5.79. The van der Waals surface area contributed by atoms with E-state index in [2.05, 4.69) is 67.8 Å². The number of carbonyl (C=O) groups excluding carboxylic acids is 1. The SMILES string of the molecule is CCCCC/C=C\C=C/CCCCCCCC(O)C(=O)NC(CO)C(O)/C=C/CC/C=C/CC/C=C/CCCCCCCCCCCCC. The van der Waals surface area contributed by atoms with Gasteiger partial charge in [-0.2, -0.15) is 0 Å². The van der Waals surface area contributed by atoms with E-state index in [0.29, 0.717) is 6.42 Å². The first-order chi connectivity index (χ1) is 24.1. The molecule has 0 spiro atoms. The van der Waals surface area contributed by atoms with Crippen LogP contribution < -0.4 is 5.32 Å². The second-order valence-corrected chi connectivity index (χ2v) is 13.9. The molecule has 0 saturated heterocycles. The van der Waals surface area contributed by atoms with Crippen molar-refractivity contribution in [2.24, 2.45) is 0 Å². The highest BCUT2D eigenvalue weighted by Gasteiger charge is 2.22. The van der Waals surface area contributed by atoms with Crippen LogP contribution in [0.5, 0.6) is 0 Å². The van der Waals surface area contributed by atoms with Crippen LogP contribution in [-0.4, -0.2) is 46.1 Å². The van der Waals surface area contributed by atoms with Crippen molar-refractivity contribution in [3.8, 4) is 0 Å². The van der Waals surface area contributed by atoms with Gasteiger partial charge < -0.3 is 20.6 Å². The number of aliphatic hydroxyl groups is 3. The molecule has 4 N–H and O–H groups in total. The van der Waals surface area contributed by atoms with Crippen LogP contribution in [0.15, 0.2) is 60.8 Å². The Morgan fingerprint density at radius 3 is 1.41 bits per heavy atom. The number of allylic oxidation sites excluding steroid dienone is 9. The second-order valence-electron chi connectivity index (χ2n) is 13.9. The molecule has 0 heterocycles.